The Balaban J connectivity index is 1.84. The fraction of sp³-hybridized carbons (Fsp3) is 0.278. The van der Waals surface area contributed by atoms with Gasteiger partial charge in [0.15, 0.2) is 0 Å². The van der Waals surface area contributed by atoms with Gasteiger partial charge >= 0.3 is 5.97 Å². The van der Waals surface area contributed by atoms with E-state index in [1.54, 1.807) is 36.4 Å². The van der Waals surface area contributed by atoms with Crippen LogP contribution < -0.4 is 14.2 Å². The standard InChI is InChI=1S/C18H18O7/c19-11-3-1-2-10-18(23-15-7-4-12-20-15,24-16-8-5-13-21-16)25-17-9-6-14-22-17/h4-9,11-14H,1-3,10H2. The summed E-state index contributed by atoms with van der Waals surface area (Å²) in [5.41, 5.74) is 0. The van der Waals surface area contributed by atoms with E-state index in [1.165, 1.54) is 18.8 Å². The van der Waals surface area contributed by atoms with Crippen LogP contribution in [-0.2, 0) is 4.79 Å². The van der Waals surface area contributed by atoms with Crippen LogP contribution in [0.4, 0.5) is 0 Å². The van der Waals surface area contributed by atoms with Crippen molar-refractivity contribution in [1.29, 1.82) is 0 Å². The van der Waals surface area contributed by atoms with Gasteiger partial charge < -0.3 is 32.3 Å². The predicted octanol–water partition coefficient (Wildman–Crippen LogP) is 4.42. The second kappa shape index (κ2) is 8.14. The van der Waals surface area contributed by atoms with Crippen molar-refractivity contribution in [3.05, 3.63) is 55.2 Å². The highest BCUT2D eigenvalue weighted by Gasteiger charge is 2.41. The average molecular weight is 346 g/mol. The summed E-state index contributed by atoms with van der Waals surface area (Å²) in [4.78, 5) is 10.6. The van der Waals surface area contributed by atoms with E-state index in [0.717, 1.165) is 6.29 Å². The van der Waals surface area contributed by atoms with E-state index in [0.29, 0.717) is 25.7 Å². The first-order chi connectivity index (χ1) is 12.3. The minimum absolute atomic E-state index is 0.216. The van der Waals surface area contributed by atoms with Gasteiger partial charge in [-0.15, -0.1) is 0 Å². The van der Waals surface area contributed by atoms with Crippen LogP contribution in [0.2, 0.25) is 0 Å². The van der Waals surface area contributed by atoms with Crippen molar-refractivity contribution >= 4 is 6.29 Å². The number of furan rings is 3. The molecule has 0 aliphatic rings. The first-order valence-corrected chi connectivity index (χ1v) is 7.91. The Morgan fingerprint density at radius 3 is 1.64 bits per heavy atom. The summed E-state index contributed by atoms with van der Waals surface area (Å²) in [6, 6.07) is 9.97. The van der Waals surface area contributed by atoms with Crippen molar-refractivity contribution in [3.63, 3.8) is 0 Å². The van der Waals surface area contributed by atoms with Crippen molar-refractivity contribution < 1.29 is 32.3 Å². The third kappa shape index (κ3) is 4.69. The molecule has 3 heterocycles. The molecule has 0 radical (unpaired) electrons. The van der Waals surface area contributed by atoms with E-state index in [2.05, 4.69) is 0 Å². The fourth-order valence-corrected chi connectivity index (χ4v) is 2.21. The molecule has 7 heteroatoms. The van der Waals surface area contributed by atoms with Crippen molar-refractivity contribution in [2.24, 2.45) is 0 Å². The smallest absolute Gasteiger partial charge is 0.423 e. The zero-order valence-corrected chi connectivity index (χ0v) is 13.5. The number of aldehydes is 1. The maximum absolute atomic E-state index is 10.6. The molecule has 25 heavy (non-hydrogen) atoms. The fourth-order valence-electron chi connectivity index (χ4n) is 2.21. The zero-order chi connectivity index (χ0) is 17.4. The van der Waals surface area contributed by atoms with Crippen LogP contribution in [0.25, 0.3) is 0 Å². The van der Waals surface area contributed by atoms with Crippen LogP contribution in [0.15, 0.2) is 68.4 Å². The van der Waals surface area contributed by atoms with Gasteiger partial charge in [0.25, 0.3) is 17.8 Å². The lowest BCUT2D eigenvalue weighted by atomic mass is 10.2. The van der Waals surface area contributed by atoms with Crippen LogP contribution in [-0.4, -0.2) is 12.3 Å². The van der Waals surface area contributed by atoms with E-state index < -0.39 is 5.97 Å². The summed E-state index contributed by atoms with van der Waals surface area (Å²) < 4.78 is 33.3. The van der Waals surface area contributed by atoms with Crippen LogP contribution >= 0.6 is 0 Å². The molecule has 0 N–H and O–H groups in total. The van der Waals surface area contributed by atoms with Gasteiger partial charge in [-0.25, -0.2) is 0 Å². The van der Waals surface area contributed by atoms with Gasteiger partial charge in [-0.3, -0.25) is 0 Å². The van der Waals surface area contributed by atoms with Gasteiger partial charge in [0.1, 0.15) is 6.29 Å². The molecule has 0 aliphatic heterocycles. The largest absolute Gasteiger partial charge is 0.434 e. The molecular formula is C18H18O7. The van der Waals surface area contributed by atoms with Crippen LogP contribution in [0.1, 0.15) is 25.7 Å². The number of carbonyl (C=O) groups excluding carboxylic acids is 1. The highest BCUT2D eigenvalue weighted by atomic mass is 16.9. The first-order valence-electron chi connectivity index (χ1n) is 7.91. The number of unbranched alkanes of at least 4 members (excludes halogenated alkanes) is 2. The van der Waals surface area contributed by atoms with Crippen molar-refractivity contribution in [1.82, 2.24) is 0 Å². The monoisotopic (exact) mass is 346 g/mol. The third-order valence-corrected chi connectivity index (χ3v) is 3.31. The van der Waals surface area contributed by atoms with Gasteiger partial charge in [0.05, 0.1) is 25.2 Å². The molecule has 0 fully saturated rings. The van der Waals surface area contributed by atoms with E-state index >= 15 is 0 Å². The van der Waals surface area contributed by atoms with Gasteiger partial charge in [-0.1, -0.05) is 0 Å². The second-order valence-corrected chi connectivity index (χ2v) is 5.20. The summed E-state index contributed by atoms with van der Waals surface area (Å²) >= 11 is 0. The molecule has 0 saturated carbocycles. The maximum atomic E-state index is 10.6. The SMILES string of the molecule is O=CCCCCC(Oc1ccco1)(Oc1ccco1)Oc1ccco1. The Hall–Kier alpha value is -3.09. The molecule has 0 aliphatic carbocycles. The van der Waals surface area contributed by atoms with E-state index in [4.69, 9.17) is 27.5 Å². The zero-order valence-electron chi connectivity index (χ0n) is 13.5. The Morgan fingerprint density at radius 1 is 0.800 bits per heavy atom. The highest BCUT2D eigenvalue weighted by Crippen LogP contribution is 2.31. The lowest BCUT2D eigenvalue weighted by molar-refractivity contribution is -0.274. The third-order valence-electron chi connectivity index (χ3n) is 3.31. The number of hydrogen-bond donors (Lipinski definition) is 0. The summed E-state index contributed by atoms with van der Waals surface area (Å²) in [5, 5.41) is 0. The molecule has 0 unspecified atom stereocenters. The first kappa shape index (κ1) is 16.8. The molecule has 3 rings (SSSR count). The molecule has 7 nitrogen and oxygen atoms in total. The van der Waals surface area contributed by atoms with Crippen LogP contribution in [0, 0.1) is 0 Å². The molecule has 3 aromatic rings. The topological polar surface area (TPSA) is 84.2 Å². The van der Waals surface area contributed by atoms with E-state index in [9.17, 15) is 4.79 Å². The van der Waals surface area contributed by atoms with Crippen molar-refractivity contribution in [2.75, 3.05) is 0 Å². The number of carbonyl (C=O) groups is 1. The summed E-state index contributed by atoms with van der Waals surface area (Å²) in [6.45, 7) is 0. The summed E-state index contributed by atoms with van der Waals surface area (Å²) in [7, 11) is 0. The van der Waals surface area contributed by atoms with E-state index in [1.807, 2.05) is 0 Å². The van der Waals surface area contributed by atoms with Gasteiger partial charge in [0, 0.05) is 24.6 Å². The van der Waals surface area contributed by atoms with E-state index in [-0.39, 0.29) is 17.8 Å². The maximum Gasteiger partial charge on any atom is 0.423 e. The van der Waals surface area contributed by atoms with Gasteiger partial charge in [-0.05, 0) is 31.0 Å². The molecule has 132 valence electrons. The molecule has 0 amide bonds. The van der Waals surface area contributed by atoms with Gasteiger partial charge in [0.2, 0.25) is 0 Å². The van der Waals surface area contributed by atoms with Gasteiger partial charge in [-0.2, -0.15) is 0 Å². The molecular weight excluding hydrogens is 328 g/mol. The molecule has 0 bridgehead atoms. The Labute approximate surface area is 144 Å². The highest BCUT2D eigenvalue weighted by molar-refractivity contribution is 5.48. The number of rotatable bonds is 11. The minimum atomic E-state index is -1.57. The average Bonchev–Trinajstić information content (AvgIpc) is 3.35. The Morgan fingerprint density at radius 2 is 1.28 bits per heavy atom. The Bertz CT molecular complexity index is 625. The predicted molar refractivity (Wildman–Crippen MR) is 85.3 cm³/mol. The lowest BCUT2D eigenvalue weighted by Gasteiger charge is -2.30. The molecule has 0 aromatic carbocycles. The number of ether oxygens (including phenoxy) is 3. The molecule has 0 atom stereocenters. The normalized spacial score (nSPS) is 11.2. The molecule has 0 spiro atoms. The van der Waals surface area contributed by atoms with Crippen LogP contribution in [0.3, 0.4) is 0 Å². The summed E-state index contributed by atoms with van der Waals surface area (Å²) in [5.74, 6) is -0.924. The lowest BCUT2D eigenvalue weighted by Crippen LogP contribution is -2.48. The van der Waals surface area contributed by atoms with Crippen molar-refractivity contribution in [3.8, 4) is 17.8 Å². The Kier molecular flexibility index (Phi) is 5.46. The molecule has 0 saturated heterocycles. The summed E-state index contributed by atoms with van der Waals surface area (Å²) in [6.07, 6.45) is 7.33. The van der Waals surface area contributed by atoms with Crippen LogP contribution in [0.5, 0.6) is 17.8 Å². The quantitative estimate of drug-likeness (QED) is 0.289. The minimum Gasteiger partial charge on any atom is -0.434 e. The van der Waals surface area contributed by atoms with Crippen molar-refractivity contribution in [2.45, 2.75) is 31.7 Å². The second-order valence-electron chi connectivity index (χ2n) is 5.20. The number of hydrogen-bond acceptors (Lipinski definition) is 7. The molecule has 3 aromatic heterocycles.